The van der Waals surface area contributed by atoms with E-state index in [4.69, 9.17) is 14.2 Å². The molecule has 4 fully saturated rings. The van der Waals surface area contributed by atoms with Gasteiger partial charge in [0.05, 0.1) is 38.6 Å². The maximum atomic E-state index is 12.8. The fourth-order valence-electron chi connectivity index (χ4n) is 6.49. The second-order valence-corrected chi connectivity index (χ2v) is 10.9. The number of esters is 1. The molecule has 1 saturated carbocycles. The van der Waals surface area contributed by atoms with E-state index in [1.165, 1.54) is 5.56 Å². The van der Waals surface area contributed by atoms with Crippen molar-refractivity contribution in [2.24, 2.45) is 11.8 Å². The largest absolute Gasteiger partial charge is 0.464 e. The first-order chi connectivity index (χ1) is 16.4. The second-order valence-electron chi connectivity index (χ2n) is 10.9. The Hall–Kier alpha value is -2.16. The highest BCUT2D eigenvalue weighted by Gasteiger charge is 2.54. The summed E-state index contributed by atoms with van der Waals surface area (Å²) in [6.07, 6.45) is 3.74. The van der Waals surface area contributed by atoms with Gasteiger partial charge < -0.3 is 29.3 Å². The monoisotopic (exact) mass is 471 g/mol. The number of ether oxygens (including phenoxy) is 3. The molecule has 3 saturated heterocycles. The summed E-state index contributed by atoms with van der Waals surface area (Å²) in [5, 5.41) is 3.25. The van der Waals surface area contributed by atoms with Crippen LogP contribution in [0.4, 0.5) is 4.79 Å². The van der Waals surface area contributed by atoms with Gasteiger partial charge >= 0.3 is 12.0 Å². The summed E-state index contributed by atoms with van der Waals surface area (Å²) in [6, 6.07) is 11.1. The predicted octanol–water partition coefficient (Wildman–Crippen LogP) is 2.03. The Morgan fingerprint density at radius 3 is 2.35 bits per heavy atom. The van der Waals surface area contributed by atoms with Gasteiger partial charge in [-0.2, -0.15) is 0 Å². The fraction of sp³-hybridized carbons (Fsp3) is 0.692. The van der Waals surface area contributed by atoms with Crippen LogP contribution in [0.1, 0.15) is 31.2 Å². The third-order valence-electron chi connectivity index (χ3n) is 8.34. The van der Waals surface area contributed by atoms with Crippen molar-refractivity contribution in [3.05, 3.63) is 35.9 Å². The summed E-state index contributed by atoms with van der Waals surface area (Å²) in [7, 11) is 4.36. The average Bonchev–Trinajstić information content (AvgIpc) is 3.05. The van der Waals surface area contributed by atoms with Crippen molar-refractivity contribution < 1.29 is 23.8 Å². The molecule has 1 aliphatic carbocycles. The lowest BCUT2D eigenvalue weighted by Gasteiger charge is -2.54. The van der Waals surface area contributed by atoms with E-state index >= 15 is 0 Å². The van der Waals surface area contributed by atoms with Crippen LogP contribution >= 0.6 is 0 Å². The Morgan fingerprint density at radius 2 is 1.79 bits per heavy atom. The van der Waals surface area contributed by atoms with Crippen molar-refractivity contribution in [2.45, 2.75) is 42.7 Å². The molecule has 1 unspecified atom stereocenters. The molecule has 3 heterocycles. The zero-order valence-corrected chi connectivity index (χ0v) is 20.3. The van der Waals surface area contributed by atoms with Crippen LogP contribution in [-0.4, -0.2) is 93.6 Å². The summed E-state index contributed by atoms with van der Waals surface area (Å²) < 4.78 is 16.1. The summed E-state index contributed by atoms with van der Waals surface area (Å²) in [5.74, 6) is 0.457. The molecule has 1 aromatic carbocycles. The first-order valence-electron chi connectivity index (χ1n) is 12.5. The molecule has 4 aliphatic rings. The zero-order chi connectivity index (χ0) is 23.8. The second kappa shape index (κ2) is 9.47. The highest BCUT2D eigenvalue weighted by Crippen LogP contribution is 2.50. The molecule has 3 aliphatic heterocycles. The maximum Gasteiger partial charge on any atom is 0.325 e. The van der Waals surface area contributed by atoms with Crippen molar-refractivity contribution in [1.29, 1.82) is 0 Å². The van der Waals surface area contributed by atoms with Gasteiger partial charge in [0.25, 0.3) is 0 Å². The fourth-order valence-corrected chi connectivity index (χ4v) is 6.49. The molecule has 34 heavy (non-hydrogen) atoms. The van der Waals surface area contributed by atoms with Crippen LogP contribution in [0.15, 0.2) is 30.3 Å². The number of nitrogens with zero attached hydrogens (tertiary/aromatic N) is 2. The number of nitrogens with one attached hydrogen (secondary N) is 1. The Morgan fingerprint density at radius 1 is 1.12 bits per heavy atom. The van der Waals surface area contributed by atoms with Crippen LogP contribution in [0.3, 0.4) is 0 Å². The smallest absolute Gasteiger partial charge is 0.325 e. The summed E-state index contributed by atoms with van der Waals surface area (Å²) in [6.45, 7) is 3.83. The van der Waals surface area contributed by atoms with Crippen molar-refractivity contribution in [3.63, 3.8) is 0 Å². The van der Waals surface area contributed by atoms with Crippen molar-refractivity contribution in [2.75, 3.05) is 60.2 Å². The number of hydrogen-bond donors (Lipinski definition) is 1. The van der Waals surface area contributed by atoms with Gasteiger partial charge in [0.1, 0.15) is 6.54 Å². The maximum absolute atomic E-state index is 12.8. The lowest BCUT2D eigenvalue weighted by molar-refractivity contribution is -0.151. The van der Waals surface area contributed by atoms with Crippen molar-refractivity contribution >= 4 is 12.0 Å². The van der Waals surface area contributed by atoms with Gasteiger partial charge in [0.2, 0.25) is 0 Å². The van der Waals surface area contributed by atoms with Crippen LogP contribution in [-0.2, 0) is 24.4 Å². The average molecular weight is 472 g/mol. The molecule has 2 amide bonds. The highest BCUT2D eigenvalue weighted by atomic mass is 16.5. The SMILES string of the molecule is CN(C)C(C1COC1)C1(c2ccccc2)CCC2(CC1)CN(CC(=O)OCC1COC1)C(=O)N2. The van der Waals surface area contributed by atoms with E-state index in [1.54, 1.807) is 4.90 Å². The third kappa shape index (κ3) is 4.43. The first kappa shape index (κ1) is 23.6. The quantitative estimate of drug-likeness (QED) is 0.585. The van der Waals surface area contributed by atoms with E-state index in [-0.39, 0.29) is 35.4 Å². The predicted molar refractivity (Wildman–Crippen MR) is 126 cm³/mol. The minimum Gasteiger partial charge on any atom is -0.464 e. The number of carbonyl (C=O) groups is 2. The van der Waals surface area contributed by atoms with Gasteiger partial charge in [-0.15, -0.1) is 0 Å². The van der Waals surface area contributed by atoms with Crippen LogP contribution in [0.25, 0.3) is 0 Å². The molecular formula is C26H37N3O5. The van der Waals surface area contributed by atoms with Gasteiger partial charge in [0.15, 0.2) is 0 Å². The molecular weight excluding hydrogens is 434 g/mol. The van der Waals surface area contributed by atoms with E-state index in [0.29, 0.717) is 38.3 Å². The molecule has 1 atom stereocenters. The lowest BCUT2D eigenvalue weighted by Crippen LogP contribution is -2.61. The van der Waals surface area contributed by atoms with Crippen molar-refractivity contribution in [1.82, 2.24) is 15.1 Å². The standard InChI is InChI=1S/C26H37N3O5/c1-28(2)23(20-16-33-17-20)26(21-6-4-3-5-7-21)10-8-25(9-11-26)18-29(24(31)27-25)12-22(30)34-15-19-13-32-14-19/h3-7,19-20,23H,8-18H2,1-2H3,(H,27,31). The van der Waals surface area contributed by atoms with Gasteiger partial charge in [-0.3, -0.25) is 4.79 Å². The number of urea groups is 1. The van der Waals surface area contributed by atoms with E-state index in [9.17, 15) is 9.59 Å². The van der Waals surface area contributed by atoms with Crippen LogP contribution in [0, 0.1) is 11.8 Å². The summed E-state index contributed by atoms with van der Waals surface area (Å²) in [4.78, 5) is 29.1. The number of rotatable bonds is 8. The molecule has 5 rings (SSSR count). The zero-order valence-electron chi connectivity index (χ0n) is 20.3. The van der Waals surface area contributed by atoms with Gasteiger partial charge in [-0.25, -0.2) is 4.79 Å². The Labute approximate surface area is 201 Å². The van der Waals surface area contributed by atoms with Crippen LogP contribution in [0.5, 0.6) is 0 Å². The van der Waals surface area contributed by atoms with E-state index in [0.717, 1.165) is 38.9 Å². The van der Waals surface area contributed by atoms with Gasteiger partial charge in [-0.1, -0.05) is 30.3 Å². The number of hydrogen-bond acceptors (Lipinski definition) is 6. The molecule has 1 spiro atoms. The minimum atomic E-state index is -0.341. The van der Waals surface area contributed by atoms with E-state index < -0.39 is 0 Å². The normalized spacial score (nSPS) is 30.7. The number of carbonyl (C=O) groups excluding carboxylic acids is 2. The first-order valence-corrected chi connectivity index (χ1v) is 12.5. The Bertz CT molecular complexity index is 876. The number of amides is 2. The Kier molecular flexibility index (Phi) is 6.57. The summed E-state index contributed by atoms with van der Waals surface area (Å²) >= 11 is 0. The van der Waals surface area contributed by atoms with Crippen LogP contribution in [0.2, 0.25) is 0 Å². The number of likely N-dealkylation sites (N-methyl/N-ethyl adjacent to an activating group) is 1. The van der Waals surface area contributed by atoms with Crippen LogP contribution < -0.4 is 5.32 Å². The van der Waals surface area contributed by atoms with Gasteiger partial charge in [0, 0.05) is 29.8 Å². The highest BCUT2D eigenvalue weighted by molar-refractivity contribution is 5.83. The molecule has 1 aromatic rings. The lowest BCUT2D eigenvalue weighted by atomic mass is 9.58. The molecule has 186 valence electrons. The van der Waals surface area contributed by atoms with E-state index in [2.05, 4.69) is 54.6 Å². The van der Waals surface area contributed by atoms with E-state index in [1.807, 2.05) is 0 Å². The van der Waals surface area contributed by atoms with Gasteiger partial charge in [-0.05, 0) is 45.3 Å². The molecule has 8 heteroatoms. The Balaban J connectivity index is 1.28. The molecule has 0 aromatic heterocycles. The third-order valence-corrected chi connectivity index (χ3v) is 8.34. The molecule has 0 radical (unpaired) electrons. The molecule has 8 nitrogen and oxygen atoms in total. The molecule has 1 N–H and O–H groups in total. The van der Waals surface area contributed by atoms with Crippen molar-refractivity contribution in [3.8, 4) is 0 Å². The molecule has 0 bridgehead atoms. The topological polar surface area (TPSA) is 80.3 Å². The number of benzene rings is 1. The minimum absolute atomic E-state index is 0.00469. The summed E-state index contributed by atoms with van der Waals surface area (Å²) in [5.41, 5.74) is 1.09.